The molecule has 1 aromatic carbocycles. The van der Waals surface area contributed by atoms with Gasteiger partial charge in [-0.2, -0.15) is 0 Å². The van der Waals surface area contributed by atoms with Gasteiger partial charge in [0.2, 0.25) is 0 Å². The number of carbonyl (C=O) groups is 1. The molecule has 2 unspecified atom stereocenters. The van der Waals surface area contributed by atoms with E-state index >= 15 is 0 Å². The SMILES string of the molecule is CC(O)CC(C)C(=O)c1ccccc1. The Balaban J connectivity index is 2.66. The average molecular weight is 192 g/mol. The van der Waals surface area contributed by atoms with E-state index < -0.39 is 6.10 Å². The fourth-order valence-electron chi connectivity index (χ4n) is 1.51. The maximum atomic E-state index is 11.8. The molecule has 0 saturated carbocycles. The predicted molar refractivity (Wildman–Crippen MR) is 56.2 cm³/mol. The highest BCUT2D eigenvalue weighted by molar-refractivity contribution is 5.97. The molecule has 0 aliphatic heterocycles. The summed E-state index contributed by atoms with van der Waals surface area (Å²) in [5.41, 5.74) is 0.723. The van der Waals surface area contributed by atoms with Crippen molar-refractivity contribution in [2.45, 2.75) is 26.4 Å². The number of aliphatic hydroxyl groups is 1. The molecule has 0 aliphatic carbocycles. The topological polar surface area (TPSA) is 37.3 Å². The minimum absolute atomic E-state index is 0.103. The normalized spacial score (nSPS) is 14.8. The largest absolute Gasteiger partial charge is 0.393 e. The van der Waals surface area contributed by atoms with E-state index in [2.05, 4.69) is 0 Å². The zero-order valence-electron chi connectivity index (χ0n) is 8.60. The molecule has 0 aromatic heterocycles. The summed E-state index contributed by atoms with van der Waals surface area (Å²) in [7, 11) is 0. The summed E-state index contributed by atoms with van der Waals surface area (Å²) >= 11 is 0. The lowest BCUT2D eigenvalue weighted by Crippen LogP contribution is -2.16. The van der Waals surface area contributed by atoms with E-state index in [1.54, 1.807) is 19.1 Å². The Morgan fingerprint density at radius 2 is 1.86 bits per heavy atom. The van der Waals surface area contributed by atoms with Gasteiger partial charge >= 0.3 is 0 Å². The molecule has 2 nitrogen and oxygen atoms in total. The molecule has 14 heavy (non-hydrogen) atoms. The molecule has 2 heteroatoms. The first-order valence-corrected chi connectivity index (χ1v) is 4.88. The van der Waals surface area contributed by atoms with Gasteiger partial charge in [0.25, 0.3) is 0 Å². The van der Waals surface area contributed by atoms with Crippen LogP contribution in [-0.2, 0) is 0 Å². The Morgan fingerprint density at radius 1 is 1.29 bits per heavy atom. The van der Waals surface area contributed by atoms with E-state index in [-0.39, 0.29) is 11.7 Å². The van der Waals surface area contributed by atoms with Crippen LogP contribution < -0.4 is 0 Å². The minimum Gasteiger partial charge on any atom is -0.393 e. The van der Waals surface area contributed by atoms with Gasteiger partial charge in [-0.15, -0.1) is 0 Å². The summed E-state index contributed by atoms with van der Waals surface area (Å²) in [5.74, 6) is -0.0103. The van der Waals surface area contributed by atoms with Crippen LogP contribution in [0.4, 0.5) is 0 Å². The lowest BCUT2D eigenvalue weighted by Gasteiger charge is -2.11. The maximum absolute atomic E-state index is 11.8. The molecule has 0 fully saturated rings. The van der Waals surface area contributed by atoms with Crippen LogP contribution in [0.1, 0.15) is 30.6 Å². The van der Waals surface area contributed by atoms with Crippen molar-refractivity contribution in [1.82, 2.24) is 0 Å². The highest BCUT2D eigenvalue weighted by atomic mass is 16.3. The van der Waals surface area contributed by atoms with Crippen LogP contribution in [0.3, 0.4) is 0 Å². The molecule has 0 heterocycles. The van der Waals surface area contributed by atoms with E-state index in [4.69, 9.17) is 5.11 Å². The summed E-state index contributed by atoms with van der Waals surface area (Å²) in [4.78, 5) is 11.8. The Labute approximate surface area is 84.6 Å². The van der Waals surface area contributed by atoms with E-state index in [0.29, 0.717) is 6.42 Å². The summed E-state index contributed by atoms with van der Waals surface area (Å²) in [6.45, 7) is 3.55. The number of rotatable bonds is 4. The van der Waals surface area contributed by atoms with Gasteiger partial charge in [0, 0.05) is 11.5 Å². The minimum atomic E-state index is -0.419. The maximum Gasteiger partial charge on any atom is 0.165 e. The first-order chi connectivity index (χ1) is 6.61. The van der Waals surface area contributed by atoms with E-state index in [9.17, 15) is 4.79 Å². The molecule has 0 bridgehead atoms. The van der Waals surface area contributed by atoms with Gasteiger partial charge in [0.15, 0.2) is 5.78 Å². The molecule has 76 valence electrons. The van der Waals surface area contributed by atoms with Gasteiger partial charge in [-0.05, 0) is 13.3 Å². The molecular formula is C12H16O2. The van der Waals surface area contributed by atoms with E-state index in [1.807, 2.05) is 25.1 Å². The monoisotopic (exact) mass is 192 g/mol. The lowest BCUT2D eigenvalue weighted by atomic mass is 9.94. The third kappa shape index (κ3) is 2.96. The van der Waals surface area contributed by atoms with Crippen molar-refractivity contribution in [2.24, 2.45) is 5.92 Å². The number of hydrogen-bond donors (Lipinski definition) is 1. The van der Waals surface area contributed by atoms with E-state index in [0.717, 1.165) is 5.56 Å². The fourth-order valence-corrected chi connectivity index (χ4v) is 1.51. The molecule has 1 N–H and O–H groups in total. The Hall–Kier alpha value is -1.15. The lowest BCUT2D eigenvalue weighted by molar-refractivity contribution is 0.0868. The number of Topliss-reactive ketones (excluding diaryl/α,β-unsaturated/α-hetero) is 1. The van der Waals surface area contributed by atoms with E-state index in [1.165, 1.54) is 0 Å². The van der Waals surface area contributed by atoms with Gasteiger partial charge in [-0.3, -0.25) is 4.79 Å². The molecular weight excluding hydrogens is 176 g/mol. The summed E-state index contributed by atoms with van der Waals surface area (Å²) in [6.07, 6.45) is 0.103. The van der Waals surface area contributed by atoms with Crippen molar-refractivity contribution in [3.63, 3.8) is 0 Å². The highest BCUT2D eigenvalue weighted by Gasteiger charge is 2.16. The van der Waals surface area contributed by atoms with Crippen LogP contribution >= 0.6 is 0 Å². The zero-order valence-corrected chi connectivity index (χ0v) is 8.60. The highest BCUT2D eigenvalue weighted by Crippen LogP contribution is 2.13. The second-order valence-electron chi connectivity index (χ2n) is 3.72. The molecule has 1 rings (SSSR count). The summed E-state index contributed by atoms with van der Waals surface area (Å²) < 4.78 is 0. The number of benzene rings is 1. The second-order valence-corrected chi connectivity index (χ2v) is 3.72. The van der Waals surface area contributed by atoms with Gasteiger partial charge in [0.05, 0.1) is 6.10 Å². The molecule has 0 spiro atoms. The zero-order chi connectivity index (χ0) is 10.6. The van der Waals surface area contributed by atoms with Crippen LogP contribution in [-0.4, -0.2) is 17.0 Å². The van der Waals surface area contributed by atoms with Crippen molar-refractivity contribution in [3.05, 3.63) is 35.9 Å². The smallest absolute Gasteiger partial charge is 0.165 e. The molecule has 0 amide bonds. The van der Waals surface area contributed by atoms with Gasteiger partial charge in [0.1, 0.15) is 0 Å². The van der Waals surface area contributed by atoms with Crippen molar-refractivity contribution in [2.75, 3.05) is 0 Å². The number of carbonyl (C=O) groups excluding carboxylic acids is 1. The Kier molecular flexibility index (Phi) is 3.84. The third-order valence-electron chi connectivity index (χ3n) is 2.20. The standard InChI is InChI=1S/C12H16O2/c1-9(8-10(2)13)12(14)11-6-4-3-5-7-11/h3-7,9-10,13H,8H2,1-2H3. The first kappa shape index (κ1) is 10.9. The van der Waals surface area contributed by atoms with Crippen LogP contribution in [0.15, 0.2) is 30.3 Å². The van der Waals surface area contributed by atoms with Gasteiger partial charge in [-0.25, -0.2) is 0 Å². The predicted octanol–water partition coefficient (Wildman–Crippen LogP) is 2.28. The van der Waals surface area contributed by atoms with Crippen molar-refractivity contribution in [1.29, 1.82) is 0 Å². The van der Waals surface area contributed by atoms with Gasteiger partial charge < -0.3 is 5.11 Å². The quantitative estimate of drug-likeness (QED) is 0.743. The third-order valence-corrected chi connectivity index (χ3v) is 2.20. The first-order valence-electron chi connectivity index (χ1n) is 4.88. The number of aliphatic hydroxyl groups excluding tert-OH is 1. The summed E-state index contributed by atoms with van der Waals surface area (Å²) in [6, 6.07) is 9.20. The fraction of sp³-hybridized carbons (Fsp3) is 0.417. The second kappa shape index (κ2) is 4.91. The molecule has 0 aliphatic rings. The van der Waals surface area contributed by atoms with Crippen LogP contribution in [0, 0.1) is 5.92 Å². The Morgan fingerprint density at radius 3 is 2.36 bits per heavy atom. The molecule has 1 aromatic rings. The van der Waals surface area contributed by atoms with Crippen LogP contribution in [0.25, 0.3) is 0 Å². The van der Waals surface area contributed by atoms with Gasteiger partial charge in [-0.1, -0.05) is 37.3 Å². The molecule has 0 radical (unpaired) electrons. The molecule has 0 saturated heterocycles. The number of hydrogen-bond acceptors (Lipinski definition) is 2. The van der Waals surface area contributed by atoms with Crippen LogP contribution in [0.5, 0.6) is 0 Å². The van der Waals surface area contributed by atoms with Crippen LogP contribution in [0.2, 0.25) is 0 Å². The van der Waals surface area contributed by atoms with Crippen molar-refractivity contribution < 1.29 is 9.90 Å². The van der Waals surface area contributed by atoms with Crippen molar-refractivity contribution in [3.8, 4) is 0 Å². The summed E-state index contributed by atoms with van der Waals surface area (Å²) in [5, 5.41) is 9.17. The number of ketones is 1. The Bertz CT molecular complexity index is 290. The molecule has 2 atom stereocenters. The average Bonchev–Trinajstić information content (AvgIpc) is 2.17. The van der Waals surface area contributed by atoms with Crippen molar-refractivity contribution >= 4 is 5.78 Å².